The van der Waals surface area contributed by atoms with Crippen LogP contribution in [-0.2, 0) is 0 Å². The minimum atomic E-state index is -0.588. The second-order valence-corrected chi connectivity index (χ2v) is 4.64. The Bertz CT molecular complexity index is 688. The molecule has 0 radical (unpaired) electrons. The van der Waals surface area contributed by atoms with E-state index in [4.69, 9.17) is 18.0 Å². The van der Waals surface area contributed by atoms with Gasteiger partial charge in [0.05, 0.1) is 5.69 Å². The van der Waals surface area contributed by atoms with E-state index in [1.807, 2.05) is 0 Å². The summed E-state index contributed by atoms with van der Waals surface area (Å²) in [6.07, 6.45) is 1.52. The number of nitrogens with two attached hydrogens (primary N) is 1. The van der Waals surface area contributed by atoms with Gasteiger partial charge in [-0.15, -0.1) is 0 Å². The van der Waals surface area contributed by atoms with Crippen LogP contribution in [0.5, 0.6) is 0 Å². The van der Waals surface area contributed by atoms with Gasteiger partial charge in [0.1, 0.15) is 10.8 Å². The van der Waals surface area contributed by atoms with Crippen LogP contribution in [0.2, 0.25) is 0 Å². The number of rotatable bonds is 3. The molecule has 0 bridgehead atoms. The van der Waals surface area contributed by atoms with Gasteiger partial charge in [0.15, 0.2) is 0 Å². The lowest BCUT2D eigenvalue weighted by Gasteiger charge is -2.08. The number of nitrogens with one attached hydrogen (secondary N) is 1. The summed E-state index contributed by atoms with van der Waals surface area (Å²) in [7, 11) is 0. The Morgan fingerprint density at radius 1 is 1.30 bits per heavy atom. The van der Waals surface area contributed by atoms with Crippen molar-refractivity contribution in [2.45, 2.75) is 6.92 Å². The highest BCUT2D eigenvalue weighted by atomic mass is 32.1. The fourth-order valence-electron chi connectivity index (χ4n) is 1.65. The molecule has 1 aromatic carbocycles. The third kappa shape index (κ3) is 3.16. The van der Waals surface area contributed by atoms with Crippen molar-refractivity contribution in [2.75, 3.05) is 5.32 Å². The molecular weight excluding hydrogens is 277 g/mol. The van der Waals surface area contributed by atoms with Crippen LogP contribution < -0.4 is 11.1 Å². The molecule has 0 unspecified atom stereocenters. The number of thiocarbonyl (C=S) groups is 1. The number of aryl methyl sites for hydroxylation is 1. The number of pyridine rings is 1. The molecule has 1 heterocycles. The first-order chi connectivity index (χ1) is 9.47. The van der Waals surface area contributed by atoms with Crippen molar-refractivity contribution in [3.8, 4) is 0 Å². The average Bonchev–Trinajstić information content (AvgIpc) is 2.40. The molecule has 0 aliphatic rings. The third-order valence-corrected chi connectivity index (χ3v) is 2.90. The molecule has 0 spiro atoms. The van der Waals surface area contributed by atoms with Crippen LogP contribution in [-0.4, -0.2) is 15.9 Å². The predicted molar refractivity (Wildman–Crippen MR) is 79.2 cm³/mol. The maximum Gasteiger partial charge on any atom is 0.255 e. The van der Waals surface area contributed by atoms with Crippen molar-refractivity contribution in [3.63, 3.8) is 0 Å². The van der Waals surface area contributed by atoms with Crippen molar-refractivity contribution in [1.29, 1.82) is 0 Å². The number of benzene rings is 1. The molecule has 1 aromatic heterocycles. The fourth-order valence-corrected chi connectivity index (χ4v) is 1.78. The zero-order chi connectivity index (χ0) is 14.7. The summed E-state index contributed by atoms with van der Waals surface area (Å²) in [5.41, 5.74) is 7.02. The Balaban J connectivity index is 2.22. The Labute approximate surface area is 120 Å². The monoisotopic (exact) mass is 289 g/mol. The van der Waals surface area contributed by atoms with E-state index in [1.165, 1.54) is 18.3 Å². The Morgan fingerprint density at radius 2 is 2.05 bits per heavy atom. The van der Waals surface area contributed by atoms with E-state index < -0.39 is 11.7 Å². The van der Waals surface area contributed by atoms with Crippen LogP contribution in [0.15, 0.2) is 36.5 Å². The van der Waals surface area contributed by atoms with Crippen molar-refractivity contribution in [2.24, 2.45) is 5.73 Å². The molecule has 0 saturated carbocycles. The van der Waals surface area contributed by atoms with E-state index in [0.717, 1.165) is 0 Å². The van der Waals surface area contributed by atoms with E-state index in [0.29, 0.717) is 16.8 Å². The van der Waals surface area contributed by atoms with Gasteiger partial charge in [0.2, 0.25) is 0 Å². The molecule has 0 aliphatic carbocycles. The summed E-state index contributed by atoms with van der Waals surface area (Å²) < 4.78 is 13.8. The summed E-state index contributed by atoms with van der Waals surface area (Å²) >= 11 is 4.76. The van der Waals surface area contributed by atoms with E-state index >= 15 is 0 Å². The highest BCUT2D eigenvalue weighted by Gasteiger charge is 2.10. The number of nitrogens with zero attached hydrogens (tertiary/aromatic N) is 1. The number of amides is 1. The number of anilines is 1. The topological polar surface area (TPSA) is 68.0 Å². The zero-order valence-electron chi connectivity index (χ0n) is 10.7. The van der Waals surface area contributed by atoms with Crippen LogP contribution >= 0.6 is 12.2 Å². The normalized spacial score (nSPS) is 10.1. The molecule has 6 heteroatoms. The molecule has 4 nitrogen and oxygen atoms in total. The van der Waals surface area contributed by atoms with Crippen LogP contribution in [0.25, 0.3) is 0 Å². The molecule has 1 amide bonds. The molecule has 102 valence electrons. The number of hydrogen-bond donors (Lipinski definition) is 2. The van der Waals surface area contributed by atoms with Crippen molar-refractivity contribution >= 4 is 28.8 Å². The molecule has 2 rings (SSSR count). The summed E-state index contributed by atoms with van der Waals surface area (Å²) in [5, 5.41) is 2.49. The van der Waals surface area contributed by atoms with E-state index in [9.17, 15) is 9.18 Å². The zero-order valence-corrected chi connectivity index (χ0v) is 11.5. The molecule has 0 saturated heterocycles. The summed E-state index contributed by atoms with van der Waals surface area (Å²) in [5.74, 6) is -0.994. The van der Waals surface area contributed by atoms with Gasteiger partial charge in [-0.3, -0.25) is 9.78 Å². The Hall–Kier alpha value is -2.34. The summed E-state index contributed by atoms with van der Waals surface area (Å²) in [6.45, 7) is 1.77. The van der Waals surface area contributed by atoms with E-state index in [2.05, 4.69) is 10.3 Å². The SMILES string of the molecule is Cc1cc(C(=O)Nc2ccc(C(N)=S)cc2F)ccn1. The maximum absolute atomic E-state index is 13.8. The molecule has 0 atom stereocenters. The van der Waals surface area contributed by atoms with Gasteiger partial charge in [0.25, 0.3) is 5.91 Å². The van der Waals surface area contributed by atoms with Crippen LogP contribution in [0.3, 0.4) is 0 Å². The highest BCUT2D eigenvalue weighted by molar-refractivity contribution is 7.80. The van der Waals surface area contributed by atoms with Crippen LogP contribution in [0.1, 0.15) is 21.6 Å². The van der Waals surface area contributed by atoms with Crippen molar-refractivity contribution < 1.29 is 9.18 Å². The van der Waals surface area contributed by atoms with Gasteiger partial charge in [-0.1, -0.05) is 12.2 Å². The minimum Gasteiger partial charge on any atom is -0.389 e. The second kappa shape index (κ2) is 5.75. The number of carbonyl (C=O) groups is 1. The third-order valence-electron chi connectivity index (χ3n) is 2.66. The lowest BCUT2D eigenvalue weighted by molar-refractivity contribution is 0.102. The van der Waals surface area contributed by atoms with Gasteiger partial charge >= 0.3 is 0 Å². The Morgan fingerprint density at radius 3 is 2.65 bits per heavy atom. The van der Waals surface area contributed by atoms with Gasteiger partial charge in [0, 0.05) is 23.0 Å². The molecule has 0 aliphatic heterocycles. The van der Waals surface area contributed by atoms with Crippen molar-refractivity contribution in [1.82, 2.24) is 4.98 Å². The first-order valence-corrected chi connectivity index (χ1v) is 6.21. The second-order valence-electron chi connectivity index (χ2n) is 4.20. The van der Waals surface area contributed by atoms with Gasteiger partial charge in [-0.2, -0.15) is 0 Å². The van der Waals surface area contributed by atoms with Gasteiger partial charge in [-0.05, 0) is 37.3 Å². The first kappa shape index (κ1) is 14.1. The lowest BCUT2D eigenvalue weighted by atomic mass is 10.1. The summed E-state index contributed by atoms with van der Waals surface area (Å²) in [4.78, 5) is 16.1. The molecule has 2 aromatic rings. The summed E-state index contributed by atoms with van der Waals surface area (Å²) in [6, 6.07) is 7.35. The van der Waals surface area contributed by atoms with Gasteiger partial charge < -0.3 is 11.1 Å². The predicted octanol–water partition coefficient (Wildman–Crippen LogP) is 2.42. The smallest absolute Gasteiger partial charge is 0.255 e. The Kier molecular flexibility index (Phi) is 4.05. The van der Waals surface area contributed by atoms with Gasteiger partial charge in [-0.25, -0.2) is 4.39 Å². The quantitative estimate of drug-likeness (QED) is 0.852. The molecule has 3 N–H and O–H groups in total. The molecule has 20 heavy (non-hydrogen) atoms. The number of aromatic nitrogens is 1. The van der Waals surface area contributed by atoms with Crippen LogP contribution in [0.4, 0.5) is 10.1 Å². The highest BCUT2D eigenvalue weighted by Crippen LogP contribution is 2.17. The molecular formula is C14H12FN3OS. The van der Waals surface area contributed by atoms with E-state index in [1.54, 1.807) is 25.1 Å². The standard InChI is InChI=1S/C14H12FN3OS/c1-8-6-10(4-5-17-8)14(19)18-12-3-2-9(13(16)20)7-11(12)15/h2-7H,1H3,(H2,16,20)(H,18,19). The van der Waals surface area contributed by atoms with Crippen molar-refractivity contribution in [3.05, 3.63) is 59.2 Å². The largest absolute Gasteiger partial charge is 0.389 e. The minimum absolute atomic E-state index is 0.0736. The number of halogens is 1. The maximum atomic E-state index is 13.8. The van der Waals surface area contributed by atoms with Crippen LogP contribution in [0, 0.1) is 12.7 Å². The first-order valence-electron chi connectivity index (χ1n) is 5.81. The molecule has 0 fully saturated rings. The van der Waals surface area contributed by atoms with E-state index in [-0.39, 0.29) is 10.7 Å². The number of carbonyl (C=O) groups excluding carboxylic acids is 1. The lowest BCUT2D eigenvalue weighted by Crippen LogP contribution is -2.14. The number of hydrogen-bond acceptors (Lipinski definition) is 3. The average molecular weight is 289 g/mol. The fraction of sp³-hybridized carbons (Fsp3) is 0.0714.